The fourth-order valence-electron chi connectivity index (χ4n) is 3.29. The smallest absolute Gasteiger partial charge is 0.328 e. The predicted molar refractivity (Wildman–Crippen MR) is 114 cm³/mol. The van der Waals surface area contributed by atoms with Crippen LogP contribution in [0.1, 0.15) is 24.6 Å². The van der Waals surface area contributed by atoms with Crippen LogP contribution in [0.4, 0.5) is 4.79 Å². The molecule has 0 aliphatic heterocycles. The van der Waals surface area contributed by atoms with Crippen molar-refractivity contribution in [2.24, 2.45) is 7.05 Å². The summed E-state index contributed by atoms with van der Waals surface area (Å²) in [5.74, 6) is 0.558. The van der Waals surface area contributed by atoms with Gasteiger partial charge in [-0.25, -0.2) is 17.9 Å². The van der Waals surface area contributed by atoms with Crippen molar-refractivity contribution in [1.29, 1.82) is 0 Å². The van der Waals surface area contributed by atoms with Crippen LogP contribution in [-0.4, -0.2) is 41.1 Å². The lowest BCUT2D eigenvalue weighted by Gasteiger charge is -2.11. The first kappa shape index (κ1) is 21.2. The molecule has 0 atom stereocenters. The third-order valence-corrected chi connectivity index (χ3v) is 6.07. The van der Waals surface area contributed by atoms with Crippen LogP contribution in [-0.2, 0) is 23.5 Å². The average Bonchev–Trinajstić information content (AvgIpc) is 3.16. The SMILES string of the molecule is CCCNC(=O)NS(=O)(=O)CCc1c(C)nn(C)c1-n1ccc2cc(Cl)ccc21. The van der Waals surface area contributed by atoms with Gasteiger partial charge in [-0.05, 0) is 44.0 Å². The fourth-order valence-corrected chi connectivity index (χ4v) is 4.40. The first-order valence-corrected chi connectivity index (χ1v) is 11.3. The Bertz CT molecular complexity index is 1150. The molecule has 2 aromatic heterocycles. The number of carbonyl (C=O) groups excluding carboxylic acids is 1. The second kappa shape index (κ2) is 8.46. The van der Waals surface area contributed by atoms with E-state index in [1.807, 2.05) is 55.9 Å². The van der Waals surface area contributed by atoms with Crippen molar-refractivity contribution in [2.45, 2.75) is 26.7 Å². The molecule has 2 N–H and O–H groups in total. The van der Waals surface area contributed by atoms with Gasteiger partial charge in [0.05, 0.1) is 17.0 Å². The van der Waals surface area contributed by atoms with Crippen LogP contribution in [0, 0.1) is 6.92 Å². The topological polar surface area (TPSA) is 98.0 Å². The molecule has 8 nitrogen and oxygen atoms in total. The molecule has 2 heterocycles. The van der Waals surface area contributed by atoms with Gasteiger partial charge in [-0.3, -0.25) is 4.68 Å². The third-order valence-electron chi connectivity index (χ3n) is 4.60. The summed E-state index contributed by atoms with van der Waals surface area (Å²) in [7, 11) is -1.96. The molecule has 0 spiro atoms. The van der Waals surface area contributed by atoms with Crippen molar-refractivity contribution >= 4 is 38.6 Å². The van der Waals surface area contributed by atoms with Crippen molar-refractivity contribution < 1.29 is 13.2 Å². The summed E-state index contributed by atoms with van der Waals surface area (Å²) in [5, 5.41) is 8.59. The van der Waals surface area contributed by atoms with Gasteiger partial charge >= 0.3 is 6.03 Å². The Morgan fingerprint density at radius 2 is 2.03 bits per heavy atom. The molecule has 29 heavy (non-hydrogen) atoms. The molecule has 1 aromatic carbocycles. The number of aryl methyl sites for hydroxylation is 2. The van der Waals surface area contributed by atoms with Crippen LogP contribution in [0.5, 0.6) is 0 Å². The van der Waals surface area contributed by atoms with Crippen LogP contribution in [0.2, 0.25) is 5.02 Å². The molecular weight excluding hydrogens is 414 g/mol. The van der Waals surface area contributed by atoms with E-state index in [4.69, 9.17) is 11.6 Å². The van der Waals surface area contributed by atoms with Crippen LogP contribution in [0.25, 0.3) is 16.7 Å². The monoisotopic (exact) mass is 437 g/mol. The number of hydrogen-bond donors (Lipinski definition) is 2. The average molecular weight is 438 g/mol. The molecule has 0 bridgehead atoms. The first-order valence-electron chi connectivity index (χ1n) is 9.29. The Hall–Kier alpha value is -2.52. The van der Waals surface area contributed by atoms with Crippen LogP contribution < -0.4 is 10.0 Å². The van der Waals surface area contributed by atoms with E-state index >= 15 is 0 Å². The minimum absolute atomic E-state index is 0.221. The number of rotatable bonds is 7. The molecule has 10 heteroatoms. The molecule has 0 aliphatic carbocycles. The predicted octanol–water partition coefficient (Wildman–Crippen LogP) is 2.91. The number of nitrogens with zero attached hydrogens (tertiary/aromatic N) is 3. The van der Waals surface area contributed by atoms with E-state index in [2.05, 4.69) is 15.1 Å². The number of sulfonamides is 1. The van der Waals surface area contributed by atoms with Gasteiger partial charge in [-0.1, -0.05) is 18.5 Å². The van der Waals surface area contributed by atoms with Crippen molar-refractivity contribution in [2.75, 3.05) is 12.3 Å². The van der Waals surface area contributed by atoms with E-state index in [1.165, 1.54) is 0 Å². The number of carbonyl (C=O) groups is 1. The Kier molecular flexibility index (Phi) is 6.18. The van der Waals surface area contributed by atoms with E-state index in [0.717, 1.165) is 34.4 Å². The fraction of sp³-hybridized carbons (Fsp3) is 0.368. The van der Waals surface area contributed by atoms with Crippen molar-refractivity contribution in [1.82, 2.24) is 24.4 Å². The van der Waals surface area contributed by atoms with Crippen LogP contribution in [0.15, 0.2) is 30.5 Å². The number of urea groups is 1. The first-order chi connectivity index (χ1) is 13.7. The van der Waals surface area contributed by atoms with Crippen molar-refractivity contribution in [3.8, 4) is 5.82 Å². The van der Waals surface area contributed by atoms with Crippen molar-refractivity contribution in [3.05, 3.63) is 46.7 Å². The highest BCUT2D eigenvalue weighted by Crippen LogP contribution is 2.27. The number of amides is 2. The molecule has 2 amide bonds. The Labute approximate surface area is 174 Å². The Balaban J connectivity index is 1.87. The summed E-state index contributed by atoms with van der Waals surface area (Å²) in [5.41, 5.74) is 2.49. The second-order valence-electron chi connectivity index (χ2n) is 6.83. The standard InChI is InChI=1S/C19H24ClN5O3S/c1-4-9-21-19(26)23-29(27,28)11-8-16-13(2)22-24(3)18(16)25-10-7-14-12-15(20)5-6-17(14)25/h5-7,10,12H,4,8-9,11H2,1-3H3,(H2,21,23,26). The van der Waals surface area contributed by atoms with Gasteiger partial charge in [-0.2, -0.15) is 5.10 Å². The van der Waals surface area contributed by atoms with E-state index in [-0.39, 0.29) is 12.2 Å². The second-order valence-corrected chi connectivity index (χ2v) is 9.11. The molecule has 156 valence electrons. The van der Waals surface area contributed by atoms with Gasteiger partial charge in [0.1, 0.15) is 5.82 Å². The zero-order valence-electron chi connectivity index (χ0n) is 16.6. The van der Waals surface area contributed by atoms with Gasteiger partial charge in [0.15, 0.2) is 0 Å². The van der Waals surface area contributed by atoms with Gasteiger partial charge < -0.3 is 9.88 Å². The highest BCUT2D eigenvalue weighted by Gasteiger charge is 2.21. The number of nitrogens with one attached hydrogen (secondary N) is 2. The number of halogens is 1. The highest BCUT2D eigenvalue weighted by molar-refractivity contribution is 7.90. The molecule has 0 unspecified atom stereocenters. The lowest BCUT2D eigenvalue weighted by atomic mass is 10.2. The van der Waals surface area contributed by atoms with E-state index in [9.17, 15) is 13.2 Å². The summed E-state index contributed by atoms with van der Waals surface area (Å²) >= 11 is 6.08. The number of benzene rings is 1. The summed E-state index contributed by atoms with van der Waals surface area (Å²) < 4.78 is 30.4. The maximum Gasteiger partial charge on any atom is 0.328 e. The van der Waals surface area contributed by atoms with E-state index in [1.54, 1.807) is 4.68 Å². The largest absolute Gasteiger partial charge is 0.337 e. The van der Waals surface area contributed by atoms with E-state index in [0.29, 0.717) is 11.6 Å². The zero-order valence-corrected chi connectivity index (χ0v) is 18.1. The molecular formula is C19H24ClN5O3S. The van der Waals surface area contributed by atoms with Crippen LogP contribution in [0.3, 0.4) is 0 Å². The lowest BCUT2D eigenvalue weighted by Crippen LogP contribution is -2.41. The van der Waals surface area contributed by atoms with Crippen LogP contribution >= 0.6 is 11.6 Å². The minimum Gasteiger partial charge on any atom is -0.337 e. The normalized spacial score (nSPS) is 11.7. The molecule has 3 rings (SSSR count). The van der Waals surface area contributed by atoms with Gasteiger partial charge in [-0.15, -0.1) is 0 Å². The van der Waals surface area contributed by atoms with Gasteiger partial charge in [0, 0.05) is 35.8 Å². The highest BCUT2D eigenvalue weighted by atomic mass is 35.5. The lowest BCUT2D eigenvalue weighted by molar-refractivity contribution is 0.246. The molecule has 0 saturated carbocycles. The van der Waals surface area contributed by atoms with E-state index < -0.39 is 16.1 Å². The van der Waals surface area contributed by atoms with Gasteiger partial charge in [0.2, 0.25) is 10.0 Å². The maximum atomic E-state index is 12.3. The molecule has 0 fully saturated rings. The summed E-state index contributed by atoms with van der Waals surface area (Å²) in [6, 6.07) is 6.85. The van der Waals surface area contributed by atoms with Crippen molar-refractivity contribution in [3.63, 3.8) is 0 Å². The Morgan fingerprint density at radius 3 is 2.76 bits per heavy atom. The Morgan fingerprint density at radius 1 is 1.28 bits per heavy atom. The minimum atomic E-state index is -3.78. The van der Waals surface area contributed by atoms with Gasteiger partial charge in [0.25, 0.3) is 0 Å². The summed E-state index contributed by atoms with van der Waals surface area (Å²) in [4.78, 5) is 11.7. The molecule has 0 aliphatic rings. The summed E-state index contributed by atoms with van der Waals surface area (Å²) in [6.45, 7) is 4.15. The molecule has 3 aromatic rings. The quantitative estimate of drug-likeness (QED) is 0.593. The number of hydrogen-bond acceptors (Lipinski definition) is 4. The molecule has 0 saturated heterocycles. The third kappa shape index (κ3) is 4.73. The maximum absolute atomic E-state index is 12.3. The summed E-state index contributed by atoms with van der Waals surface area (Å²) in [6.07, 6.45) is 2.85. The number of aromatic nitrogens is 3. The molecule has 0 radical (unpaired) electrons. The number of fused-ring (bicyclic) bond motifs is 1. The zero-order chi connectivity index (χ0) is 21.2.